The molecule has 78 valence electrons. The Hall–Kier alpha value is 0.130. The molecule has 3 nitrogen and oxygen atoms in total. The fraction of sp³-hybridized carbons (Fsp3) is 0.333. The third kappa shape index (κ3) is 2.81. The molecular weight excluding hydrogens is 425 g/mol. The van der Waals surface area contributed by atoms with Gasteiger partial charge in [0.2, 0.25) is 0 Å². The van der Waals surface area contributed by atoms with Gasteiger partial charge >= 0.3 is 6.18 Å². The summed E-state index contributed by atoms with van der Waals surface area (Å²) in [4.78, 5) is 0. The van der Waals surface area contributed by atoms with Crippen LogP contribution in [0.3, 0.4) is 0 Å². The predicted molar refractivity (Wildman–Crippen MR) is 62.3 cm³/mol. The number of aromatic nitrogens is 2. The van der Waals surface area contributed by atoms with E-state index in [2.05, 4.69) is 10.2 Å². The van der Waals surface area contributed by atoms with Crippen LogP contribution >= 0.6 is 45.7 Å². The van der Waals surface area contributed by atoms with Crippen LogP contribution in [0.25, 0.3) is 0 Å². The molecule has 0 aromatic carbocycles. The minimum atomic E-state index is -4.43. The van der Waals surface area contributed by atoms with Crippen LogP contribution in [0.5, 0.6) is 0 Å². The molecule has 0 fully saturated rings. The molecule has 0 radical (unpaired) electrons. The summed E-state index contributed by atoms with van der Waals surface area (Å²) >= 11 is 3.81. The van der Waals surface area contributed by atoms with Crippen LogP contribution in [-0.4, -0.2) is 10.2 Å². The molecule has 1 aromatic rings. The van der Waals surface area contributed by atoms with Gasteiger partial charge in [-0.05, 0) is 18.6 Å². The third-order valence-electron chi connectivity index (χ3n) is 1.41. The Morgan fingerprint density at radius 1 is 1.29 bits per heavy atom. The van der Waals surface area contributed by atoms with Gasteiger partial charge in [-0.25, -0.2) is 1.33 Å². The zero-order valence-electron chi connectivity index (χ0n) is 6.81. The molecule has 0 atom stereocenters. The van der Waals surface area contributed by atoms with Gasteiger partial charge in [0, 0.05) is 0 Å². The van der Waals surface area contributed by atoms with Crippen molar-refractivity contribution >= 4 is 51.5 Å². The maximum atomic E-state index is 12.2. The van der Waals surface area contributed by atoms with E-state index in [1.54, 1.807) is 8.25 Å². The third-order valence-corrected chi connectivity index (χ3v) is 2.32. The zero-order valence-corrected chi connectivity index (χ0v) is 11.1. The molecule has 0 amide bonds. The number of hydrogen-bond donors (Lipinski definition) is 0. The summed E-state index contributed by atoms with van der Waals surface area (Å²) in [6.07, 6.45) is -4.43. The topological polar surface area (TPSA) is 29.0 Å². The van der Waals surface area contributed by atoms with Gasteiger partial charge in [-0.3, -0.25) is 0 Å². The lowest BCUT2D eigenvalue weighted by Gasteiger charge is -2.10. The van der Waals surface area contributed by atoms with Crippen molar-refractivity contribution in [1.82, 2.24) is 10.2 Å². The second-order valence-corrected chi connectivity index (χ2v) is 6.24. The Morgan fingerprint density at radius 2 is 1.86 bits per heavy atom. The first kappa shape index (κ1) is 12.2. The average Bonchev–Trinajstić information content (AvgIpc) is 2.01. The molecular formula is C6H4F3I2N3. The van der Waals surface area contributed by atoms with Crippen LogP contribution in [0.15, 0.2) is 6.07 Å². The van der Waals surface area contributed by atoms with E-state index in [0.29, 0.717) is 11.4 Å². The molecule has 8 heteroatoms. The molecule has 0 aliphatic carbocycles. The molecule has 1 heterocycles. The predicted octanol–water partition coefficient (Wildman–Crippen LogP) is 3.31. The van der Waals surface area contributed by atoms with E-state index in [1.165, 1.54) is 0 Å². The van der Waals surface area contributed by atoms with Crippen molar-refractivity contribution in [2.45, 2.75) is 13.1 Å². The molecule has 0 N–H and O–H groups in total. The second-order valence-electron chi connectivity index (χ2n) is 2.47. The number of anilines is 1. The second kappa shape index (κ2) is 4.33. The van der Waals surface area contributed by atoms with Crippen molar-refractivity contribution in [3.05, 3.63) is 17.3 Å². The van der Waals surface area contributed by atoms with Gasteiger partial charge in [0.1, 0.15) is 0 Å². The van der Waals surface area contributed by atoms with Crippen LogP contribution in [0.4, 0.5) is 19.0 Å². The van der Waals surface area contributed by atoms with Crippen molar-refractivity contribution in [2.24, 2.45) is 0 Å². The number of halogens is 5. The highest BCUT2D eigenvalue weighted by molar-refractivity contribution is 14.2. The fourth-order valence-corrected chi connectivity index (χ4v) is 1.74. The van der Waals surface area contributed by atoms with Gasteiger partial charge in [-0.15, -0.1) is 10.2 Å². The maximum absolute atomic E-state index is 12.2. The molecule has 0 spiro atoms. The van der Waals surface area contributed by atoms with E-state index in [1.807, 2.05) is 45.7 Å². The van der Waals surface area contributed by atoms with E-state index in [0.717, 1.165) is 6.07 Å². The van der Waals surface area contributed by atoms with Gasteiger partial charge in [-0.1, -0.05) is 0 Å². The summed E-state index contributed by atoms with van der Waals surface area (Å²) in [5.74, 6) is 0.416. The fourth-order valence-electron chi connectivity index (χ4n) is 0.784. The summed E-state index contributed by atoms with van der Waals surface area (Å²) in [7, 11) is 0. The number of aryl methyl sites for hydroxylation is 1. The summed E-state index contributed by atoms with van der Waals surface area (Å²) in [6.45, 7) is 1.56. The summed E-state index contributed by atoms with van der Waals surface area (Å²) < 4.78 is 38.1. The monoisotopic (exact) mass is 429 g/mol. The molecule has 0 aliphatic rings. The lowest BCUT2D eigenvalue weighted by Crippen LogP contribution is -2.11. The SMILES string of the molecule is Cc1cc(C(F)(F)F)nnc1N(I)I. The van der Waals surface area contributed by atoms with Crippen molar-refractivity contribution in [2.75, 3.05) is 1.33 Å². The Balaban J connectivity index is 3.13. The van der Waals surface area contributed by atoms with Crippen molar-refractivity contribution in [3.63, 3.8) is 0 Å². The van der Waals surface area contributed by atoms with E-state index in [9.17, 15) is 13.2 Å². The van der Waals surface area contributed by atoms with E-state index < -0.39 is 11.9 Å². The Kier molecular flexibility index (Phi) is 3.77. The maximum Gasteiger partial charge on any atom is 0.435 e. The highest BCUT2D eigenvalue weighted by atomic mass is 127. The Labute approximate surface area is 106 Å². The number of hydrogen-bond acceptors (Lipinski definition) is 3. The van der Waals surface area contributed by atoms with Gasteiger partial charge < -0.3 is 0 Å². The van der Waals surface area contributed by atoms with Crippen LogP contribution < -0.4 is 1.33 Å². The lowest BCUT2D eigenvalue weighted by molar-refractivity contribution is -0.141. The van der Waals surface area contributed by atoms with Crippen molar-refractivity contribution in [3.8, 4) is 0 Å². The minimum absolute atomic E-state index is 0.416. The summed E-state index contributed by atoms with van der Waals surface area (Å²) in [5.41, 5.74) is -0.524. The van der Waals surface area contributed by atoms with Gasteiger partial charge in [0.25, 0.3) is 0 Å². The van der Waals surface area contributed by atoms with Crippen molar-refractivity contribution in [1.29, 1.82) is 0 Å². The molecule has 14 heavy (non-hydrogen) atoms. The van der Waals surface area contributed by atoms with Crippen LogP contribution in [0.1, 0.15) is 11.3 Å². The van der Waals surface area contributed by atoms with Crippen LogP contribution in [0, 0.1) is 6.92 Å². The first-order chi connectivity index (χ1) is 6.32. The average molecular weight is 429 g/mol. The van der Waals surface area contributed by atoms with Gasteiger partial charge in [0.05, 0.1) is 45.7 Å². The molecule has 0 saturated heterocycles. The van der Waals surface area contributed by atoms with Crippen LogP contribution in [-0.2, 0) is 6.18 Å². The van der Waals surface area contributed by atoms with E-state index in [4.69, 9.17) is 0 Å². The van der Waals surface area contributed by atoms with Gasteiger partial charge in [-0.2, -0.15) is 13.2 Å². The smallest absolute Gasteiger partial charge is 0.236 e. The van der Waals surface area contributed by atoms with Gasteiger partial charge in [0.15, 0.2) is 11.5 Å². The first-order valence-corrected chi connectivity index (χ1v) is 5.28. The zero-order chi connectivity index (χ0) is 10.9. The number of nitrogens with zero attached hydrogens (tertiary/aromatic N) is 3. The van der Waals surface area contributed by atoms with E-state index in [-0.39, 0.29) is 0 Å². The summed E-state index contributed by atoms with van der Waals surface area (Å²) in [6, 6.07) is 0.979. The molecule has 0 unspecified atom stereocenters. The van der Waals surface area contributed by atoms with Crippen LogP contribution in [0.2, 0.25) is 0 Å². The normalized spacial score (nSPS) is 11.6. The first-order valence-electron chi connectivity index (χ1n) is 3.35. The molecule has 0 aliphatic heterocycles. The Bertz CT molecular complexity index is 340. The highest BCUT2D eigenvalue weighted by Crippen LogP contribution is 2.30. The number of rotatable bonds is 1. The summed E-state index contributed by atoms with van der Waals surface area (Å²) in [5, 5.41) is 6.59. The quantitative estimate of drug-likeness (QED) is 0.507. The highest BCUT2D eigenvalue weighted by Gasteiger charge is 2.33. The van der Waals surface area contributed by atoms with Crippen molar-refractivity contribution < 1.29 is 13.2 Å². The lowest BCUT2D eigenvalue weighted by atomic mass is 10.2. The number of alkyl halides is 3. The molecule has 0 bridgehead atoms. The molecule has 0 saturated carbocycles. The standard InChI is InChI=1S/C6H4F3I2N3/c1-3-2-4(6(7,8)9)12-13-5(3)14(10)11/h2H,1H3. The molecule has 1 rings (SSSR count). The minimum Gasteiger partial charge on any atom is -0.236 e. The Morgan fingerprint density at radius 3 is 2.21 bits per heavy atom. The van der Waals surface area contributed by atoms with E-state index >= 15 is 0 Å². The largest absolute Gasteiger partial charge is 0.435 e. The molecule has 1 aromatic heterocycles.